The van der Waals surface area contributed by atoms with Gasteiger partial charge in [-0.05, 0) is 13.0 Å². The fourth-order valence-corrected chi connectivity index (χ4v) is 1.02. The fourth-order valence-electron chi connectivity index (χ4n) is 1.02. The standard InChI is InChI=1S/C10H12N2O4/c1-6(14)9(15)12-8-3-7(5-13)4-11-10(8)16-2/h3-6,14H,1-2H3,(H,12,15). The zero-order valence-electron chi connectivity index (χ0n) is 8.93. The van der Waals surface area contributed by atoms with Crippen LogP contribution in [0.5, 0.6) is 5.88 Å². The molecule has 0 saturated carbocycles. The first-order valence-corrected chi connectivity index (χ1v) is 4.56. The van der Waals surface area contributed by atoms with Gasteiger partial charge in [0, 0.05) is 11.8 Å². The number of nitrogens with zero attached hydrogens (tertiary/aromatic N) is 1. The number of carbonyl (C=O) groups excluding carboxylic acids is 2. The van der Waals surface area contributed by atoms with Crippen molar-refractivity contribution < 1.29 is 19.4 Å². The molecule has 0 bridgehead atoms. The highest BCUT2D eigenvalue weighted by molar-refractivity contribution is 5.95. The molecular formula is C10H12N2O4. The topological polar surface area (TPSA) is 88.5 Å². The average Bonchev–Trinajstić information content (AvgIpc) is 2.28. The van der Waals surface area contributed by atoms with Crippen molar-refractivity contribution in [2.45, 2.75) is 13.0 Å². The van der Waals surface area contributed by atoms with Crippen molar-refractivity contribution in [1.29, 1.82) is 0 Å². The average molecular weight is 224 g/mol. The van der Waals surface area contributed by atoms with Crippen molar-refractivity contribution in [1.82, 2.24) is 4.98 Å². The Kier molecular flexibility index (Phi) is 3.96. The molecule has 0 radical (unpaired) electrons. The van der Waals surface area contributed by atoms with Crippen LogP contribution in [0.1, 0.15) is 17.3 Å². The summed E-state index contributed by atoms with van der Waals surface area (Å²) in [6, 6.07) is 1.42. The van der Waals surface area contributed by atoms with Crippen LogP contribution in [0.3, 0.4) is 0 Å². The van der Waals surface area contributed by atoms with Crippen LogP contribution in [-0.4, -0.2) is 35.5 Å². The number of aliphatic hydroxyl groups excluding tert-OH is 1. The summed E-state index contributed by atoms with van der Waals surface area (Å²) in [6.07, 6.45) is 0.776. The Morgan fingerprint density at radius 1 is 1.69 bits per heavy atom. The lowest BCUT2D eigenvalue weighted by molar-refractivity contribution is -0.123. The molecule has 6 nitrogen and oxygen atoms in total. The quantitative estimate of drug-likeness (QED) is 0.714. The molecule has 6 heteroatoms. The summed E-state index contributed by atoms with van der Waals surface area (Å²) < 4.78 is 4.90. The van der Waals surface area contributed by atoms with Gasteiger partial charge in [0.1, 0.15) is 11.8 Å². The van der Waals surface area contributed by atoms with Gasteiger partial charge in [0.15, 0.2) is 6.29 Å². The maximum Gasteiger partial charge on any atom is 0.253 e. The van der Waals surface area contributed by atoms with Gasteiger partial charge < -0.3 is 15.2 Å². The van der Waals surface area contributed by atoms with Gasteiger partial charge in [-0.3, -0.25) is 9.59 Å². The summed E-state index contributed by atoms with van der Waals surface area (Å²) in [6.45, 7) is 1.33. The van der Waals surface area contributed by atoms with Gasteiger partial charge in [-0.25, -0.2) is 4.98 Å². The lowest BCUT2D eigenvalue weighted by Gasteiger charge is -2.10. The minimum atomic E-state index is -1.15. The van der Waals surface area contributed by atoms with E-state index in [0.29, 0.717) is 11.8 Å². The summed E-state index contributed by atoms with van der Waals surface area (Å²) in [5.41, 5.74) is 0.555. The Morgan fingerprint density at radius 3 is 2.88 bits per heavy atom. The third-order valence-electron chi connectivity index (χ3n) is 1.84. The molecule has 86 valence electrons. The van der Waals surface area contributed by atoms with Gasteiger partial charge in [-0.15, -0.1) is 0 Å². The summed E-state index contributed by atoms with van der Waals surface area (Å²) in [7, 11) is 1.39. The van der Waals surface area contributed by atoms with Crippen LogP contribution in [0.15, 0.2) is 12.3 Å². The lowest BCUT2D eigenvalue weighted by Crippen LogP contribution is -2.24. The van der Waals surface area contributed by atoms with Crippen LogP contribution < -0.4 is 10.1 Å². The molecule has 1 aromatic heterocycles. The van der Waals surface area contributed by atoms with Crippen molar-refractivity contribution in [3.63, 3.8) is 0 Å². The summed E-state index contributed by atoms with van der Waals surface area (Å²) >= 11 is 0. The van der Waals surface area contributed by atoms with Gasteiger partial charge in [0.2, 0.25) is 5.88 Å². The van der Waals surface area contributed by atoms with E-state index in [9.17, 15) is 9.59 Å². The molecule has 0 fully saturated rings. The van der Waals surface area contributed by atoms with E-state index in [4.69, 9.17) is 9.84 Å². The van der Waals surface area contributed by atoms with E-state index in [1.165, 1.54) is 26.3 Å². The number of carbonyl (C=O) groups is 2. The monoisotopic (exact) mass is 224 g/mol. The second kappa shape index (κ2) is 5.22. The van der Waals surface area contributed by atoms with E-state index < -0.39 is 12.0 Å². The minimum Gasteiger partial charge on any atom is -0.480 e. The first-order valence-electron chi connectivity index (χ1n) is 4.56. The molecule has 0 aromatic carbocycles. The maximum atomic E-state index is 11.2. The number of aldehydes is 1. The molecule has 2 N–H and O–H groups in total. The highest BCUT2D eigenvalue weighted by Crippen LogP contribution is 2.21. The Balaban J connectivity index is 3.00. The number of anilines is 1. The number of aliphatic hydroxyl groups is 1. The number of hydrogen-bond donors (Lipinski definition) is 2. The molecule has 1 rings (SSSR count). The van der Waals surface area contributed by atoms with Gasteiger partial charge in [0.05, 0.1) is 7.11 Å². The summed E-state index contributed by atoms with van der Waals surface area (Å²) in [5.74, 6) is -0.414. The lowest BCUT2D eigenvalue weighted by atomic mass is 10.2. The number of pyridine rings is 1. The molecule has 0 saturated heterocycles. The molecule has 1 aromatic rings. The van der Waals surface area contributed by atoms with Gasteiger partial charge in [-0.2, -0.15) is 0 Å². The van der Waals surface area contributed by atoms with E-state index in [2.05, 4.69) is 10.3 Å². The SMILES string of the molecule is COc1ncc(C=O)cc1NC(=O)C(C)O. The zero-order chi connectivity index (χ0) is 12.1. The smallest absolute Gasteiger partial charge is 0.253 e. The molecule has 1 heterocycles. The van der Waals surface area contributed by atoms with E-state index in [-0.39, 0.29) is 11.6 Å². The third-order valence-corrected chi connectivity index (χ3v) is 1.84. The first kappa shape index (κ1) is 12.1. The zero-order valence-corrected chi connectivity index (χ0v) is 8.93. The predicted molar refractivity (Wildman–Crippen MR) is 56.5 cm³/mol. The number of ether oxygens (including phenoxy) is 1. The Bertz CT molecular complexity index is 404. The number of nitrogens with one attached hydrogen (secondary N) is 1. The Labute approximate surface area is 92.3 Å². The van der Waals surface area contributed by atoms with Crippen LogP contribution in [0, 0.1) is 0 Å². The molecular weight excluding hydrogens is 212 g/mol. The van der Waals surface area contributed by atoms with Crippen molar-refractivity contribution in [2.75, 3.05) is 12.4 Å². The normalized spacial score (nSPS) is 11.7. The second-order valence-electron chi connectivity index (χ2n) is 3.11. The number of rotatable bonds is 4. The van der Waals surface area contributed by atoms with E-state index in [1.807, 2.05) is 0 Å². The predicted octanol–water partition coefficient (Wildman–Crippen LogP) is 0.222. The molecule has 0 aliphatic heterocycles. The summed E-state index contributed by atoms with van der Waals surface area (Å²) in [5, 5.41) is 11.4. The van der Waals surface area contributed by atoms with Crippen molar-refractivity contribution in [3.8, 4) is 5.88 Å². The van der Waals surface area contributed by atoms with Gasteiger partial charge >= 0.3 is 0 Å². The fraction of sp³-hybridized carbons (Fsp3) is 0.300. The highest BCUT2D eigenvalue weighted by Gasteiger charge is 2.13. The van der Waals surface area contributed by atoms with Crippen LogP contribution in [-0.2, 0) is 4.79 Å². The van der Waals surface area contributed by atoms with Crippen molar-refractivity contribution in [2.24, 2.45) is 0 Å². The maximum absolute atomic E-state index is 11.2. The minimum absolute atomic E-state index is 0.180. The van der Waals surface area contributed by atoms with Gasteiger partial charge in [-0.1, -0.05) is 0 Å². The molecule has 1 unspecified atom stereocenters. The number of methoxy groups -OCH3 is 1. The molecule has 16 heavy (non-hydrogen) atoms. The first-order chi connectivity index (χ1) is 7.58. The van der Waals surface area contributed by atoms with Crippen LogP contribution in [0.4, 0.5) is 5.69 Å². The van der Waals surface area contributed by atoms with Crippen molar-refractivity contribution in [3.05, 3.63) is 17.8 Å². The molecule has 0 aliphatic rings. The Hall–Kier alpha value is -1.95. The van der Waals surface area contributed by atoms with E-state index >= 15 is 0 Å². The molecule has 1 atom stereocenters. The molecule has 0 aliphatic carbocycles. The highest BCUT2D eigenvalue weighted by atomic mass is 16.5. The number of amides is 1. The van der Waals surface area contributed by atoms with Crippen LogP contribution in [0.25, 0.3) is 0 Å². The number of aromatic nitrogens is 1. The Morgan fingerprint density at radius 2 is 2.38 bits per heavy atom. The van der Waals surface area contributed by atoms with Gasteiger partial charge in [0.25, 0.3) is 5.91 Å². The largest absolute Gasteiger partial charge is 0.480 e. The third kappa shape index (κ3) is 2.77. The second-order valence-corrected chi connectivity index (χ2v) is 3.11. The number of hydrogen-bond acceptors (Lipinski definition) is 5. The van der Waals surface area contributed by atoms with E-state index in [0.717, 1.165) is 0 Å². The molecule has 1 amide bonds. The van der Waals surface area contributed by atoms with Crippen molar-refractivity contribution >= 4 is 17.9 Å². The summed E-state index contributed by atoms with van der Waals surface area (Å²) in [4.78, 5) is 25.6. The van der Waals surface area contributed by atoms with E-state index in [1.54, 1.807) is 0 Å². The molecule has 0 spiro atoms. The van der Waals surface area contributed by atoms with Crippen LogP contribution in [0.2, 0.25) is 0 Å². The van der Waals surface area contributed by atoms with Crippen LogP contribution >= 0.6 is 0 Å².